The van der Waals surface area contributed by atoms with Gasteiger partial charge in [0, 0.05) is 36.9 Å². The zero-order valence-corrected chi connectivity index (χ0v) is 12.8. The molecule has 0 aromatic carbocycles. The minimum atomic E-state index is 0.288. The molecule has 0 amide bonds. The number of morpholine rings is 1. The van der Waals surface area contributed by atoms with Crippen LogP contribution in [0.4, 0.5) is 5.82 Å². The maximum Gasteiger partial charge on any atom is 0.133 e. The maximum atomic E-state index is 5.65. The molecule has 1 aromatic rings. The molecule has 0 spiro atoms. The topological polar surface area (TPSA) is 37.4 Å². The molecule has 3 rings (SSSR count). The third-order valence-electron chi connectivity index (χ3n) is 4.14. The number of aryl methyl sites for hydroxylation is 2. The highest BCUT2D eigenvalue weighted by Gasteiger charge is 2.24. The molecule has 1 aromatic heterocycles. The van der Waals surface area contributed by atoms with Crippen LogP contribution < -0.4 is 10.2 Å². The van der Waals surface area contributed by atoms with Crippen molar-refractivity contribution in [1.82, 2.24) is 10.3 Å². The molecule has 4 nitrogen and oxygen atoms in total. The first kappa shape index (κ1) is 13.8. The summed E-state index contributed by atoms with van der Waals surface area (Å²) < 4.78 is 5.65. The molecular formula is C16H25N3O. The Bertz CT molecular complexity index is 485. The summed E-state index contributed by atoms with van der Waals surface area (Å²) in [5, 5.41) is 3.63. The van der Waals surface area contributed by atoms with Crippen LogP contribution in [0.15, 0.2) is 6.07 Å². The van der Waals surface area contributed by atoms with Crippen LogP contribution in [0.5, 0.6) is 0 Å². The van der Waals surface area contributed by atoms with E-state index in [-0.39, 0.29) is 6.10 Å². The highest BCUT2D eigenvalue weighted by Crippen LogP contribution is 2.26. The molecule has 2 fully saturated rings. The fourth-order valence-corrected chi connectivity index (χ4v) is 2.87. The minimum Gasteiger partial charge on any atom is -0.375 e. The predicted molar refractivity (Wildman–Crippen MR) is 81.2 cm³/mol. The third kappa shape index (κ3) is 3.13. The second-order valence-electron chi connectivity index (χ2n) is 6.17. The van der Waals surface area contributed by atoms with Gasteiger partial charge in [0.1, 0.15) is 5.82 Å². The second-order valence-corrected chi connectivity index (χ2v) is 6.17. The standard InChI is InChI=1S/C16H25N3O/c1-11-8-12(2)18-16(15(11)9-17-14-4-5-14)19-6-7-20-13(3)10-19/h8,13-14,17H,4-7,9-10H2,1-3H3. The summed E-state index contributed by atoms with van der Waals surface area (Å²) in [6.07, 6.45) is 2.93. The van der Waals surface area contributed by atoms with Gasteiger partial charge in [-0.15, -0.1) is 0 Å². The fourth-order valence-electron chi connectivity index (χ4n) is 2.87. The van der Waals surface area contributed by atoms with Crippen LogP contribution in [0, 0.1) is 13.8 Å². The van der Waals surface area contributed by atoms with Gasteiger partial charge in [-0.3, -0.25) is 0 Å². The molecule has 2 aliphatic rings. The van der Waals surface area contributed by atoms with E-state index in [0.717, 1.165) is 43.8 Å². The van der Waals surface area contributed by atoms with E-state index in [1.807, 2.05) is 0 Å². The SMILES string of the molecule is Cc1cc(C)c(CNC2CC2)c(N2CCOC(C)C2)n1. The van der Waals surface area contributed by atoms with Crippen LogP contribution in [0.2, 0.25) is 0 Å². The highest BCUT2D eigenvalue weighted by molar-refractivity contribution is 5.52. The Hall–Kier alpha value is -1.13. The number of hydrogen-bond acceptors (Lipinski definition) is 4. The molecule has 0 radical (unpaired) electrons. The molecule has 1 N–H and O–H groups in total. The first-order valence-corrected chi connectivity index (χ1v) is 7.70. The number of rotatable bonds is 4. The summed E-state index contributed by atoms with van der Waals surface area (Å²) in [5.41, 5.74) is 3.81. The van der Waals surface area contributed by atoms with Gasteiger partial charge in [0.15, 0.2) is 0 Å². The fraction of sp³-hybridized carbons (Fsp3) is 0.688. The Kier molecular flexibility index (Phi) is 3.94. The minimum absolute atomic E-state index is 0.288. The quantitative estimate of drug-likeness (QED) is 0.914. The highest BCUT2D eigenvalue weighted by atomic mass is 16.5. The number of pyridine rings is 1. The zero-order valence-electron chi connectivity index (χ0n) is 12.8. The van der Waals surface area contributed by atoms with Crippen molar-refractivity contribution < 1.29 is 4.74 Å². The van der Waals surface area contributed by atoms with Crippen molar-refractivity contribution in [2.45, 2.75) is 52.3 Å². The van der Waals surface area contributed by atoms with Crippen molar-refractivity contribution in [2.75, 3.05) is 24.6 Å². The lowest BCUT2D eigenvalue weighted by Gasteiger charge is -2.34. The molecule has 2 heterocycles. The second kappa shape index (κ2) is 5.70. The van der Waals surface area contributed by atoms with Crippen LogP contribution in [-0.2, 0) is 11.3 Å². The lowest BCUT2D eigenvalue weighted by molar-refractivity contribution is 0.0528. The van der Waals surface area contributed by atoms with Crippen LogP contribution >= 0.6 is 0 Å². The molecule has 1 saturated heterocycles. The molecule has 20 heavy (non-hydrogen) atoms. The number of ether oxygens (including phenoxy) is 1. The van der Waals surface area contributed by atoms with Crippen molar-refractivity contribution in [2.24, 2.45) is 0 Å². The van der Waals surface area contributed by atoms with Crippen LogP contribution in [-0.4, -0.2) is 36.8 Å². The average molecular weight is 275 g/mol. The van der Waals surface area contributed by atoms with Gasteiger partial charge in [-0.05, 0) is 45.2 Å². The molecule has 0 bridgehead atoms. The van der Waals surface area contributed by atoms with Gasteiger partial charge >= 0.3 is 0 Å². The summed E-state index contributed by atoms with van der Waals surface area (Å²) in [6, 6.07) is 2.92. The van der Waals surface area contributed by atoms with Gasteiger partial charge in [0.05, 0.1) is 12.7 Å². The Morgan fingerprint density at radius 1 is 1.40 bits per heavy atom. The van der Waals surface area contributed by atoms with Gasteiger partial charge in [0.25, 0.3) is 0 Å². The lowest BCUT2D eigenvalue weighted by atomic mass is 10.1. The molecule has 1 aliphatic heterocycles. The van der Waals surface area contributed by atoms with E-state index >= 15 is 0 Å². The van der Waals surface area contributed by atoms with E-state index in [1.54, 1.807) is 0 Å². The number of nitrogens with zero attached hydrogens (tertiary/aromatic N) is 2. The molecule has 1 atom stereocenters. The summed E-state index contributed by atoms with van der Waals surface area (Å²) in [5.74, 6) is 1.16. The van der Waals surface area contributed by atoms with E-state index < -0.39 is 0 Å². The smallest absolute Gasteiger partial charge is 0.133 e. The number of aromatic nitrogens is 1. The summed E-state index contributed by atoms with van der Waals surface area (Å²) >= 11 is 0. The first-order chi connectivity index (χ1) is 9.63. The Morgan fingerprint density at radius 3 is 2.90 bits per heavy atom. The maximum absolute atomic E-state index is 5.65. The first-order valence-electron chi connectivity index (χ1n) is 7.70. The van der Waals surface area contributed by atoms with Crippen molar-refractivity contribution in [3.8, 4) is 0 Å². The van der Waals surface area contributed by atoms with E-state index in [1.165, 1.54) is 24.0 Å². The lowest BCUT2D eigenvalue weighted by Crippen LogP contribution is -2.42. The predicted octanol–water partition coefficient (Wildman–Crippen LogP) is 2.18. The van der Waals surface area contributed by atoms with Crippen molar-refractivity contribution in [3.63, 3.8) is 0 Å². The van der Waals surface area contributed by atoms with E-state index in [0.29, 0.717) is 0 Å². The summed E-state index contributed by atoms with van der Waals surface area (Å²) in [4.78, 5) is 7.21. The van der Waals surface area contributed by atoms with Gasteiger partial charge < -0.3 is 15.0 Å². The van der Waals surface area contributed by atoms with Gasteiger partial charge in [0.2, 0.25) is 0 Å². The van der Waals surface area contributed by atoms with E-state index in [9.17, 15) is 0 Å². The Morgan fingerprint density at radius 2 is 2.20 bits per heavy atom. The zero-order chi connectivity index (χ0) is 14.1. The Balaban J connectivity index is 1.85. The van der Waals surface area contributed by atoms with Crippen molar-refractivity contribution in [3.05, 3.63) is 22.9 Å². The number of nitrogens with one attached hydrogen (secondary N) is 1. The normalized spacial score (nSPS) is 23.1. The van der Waals surface area contributed by atoms with E-state index in [4.69, 9.17) is 9.72 Å². The van der Waals surface area contributed by atoms with Crippen LogP contribution in [0.1, 0.15) is 36.6 Å². The largest absolute Gasteiger partial charge is 0.375 e. The monoisotopic (exact) mass is 275 g/mol. The third-order valence-corrected chi connectivity index (χ3v) is 4.14. The molecule has 1 saturated carbocycles. The molecule has 4 heteroatoms. The Labute approximate surface area is 121 Å². The molecule has 1 aliphatic carbocycles. The van der Waals surface area contributed by atoms with Gasteiger partial charge in [-0.2, -0.15) is 0 Å². The summed E-state index contributed by atoms with van der Waals surface area (Å²) in [7, 11) is 0. The summed E-state index contributed by atoms with van der Waals surface area (Å²) in [6.45, 7) is 10.0. The van der Waals surface area contributed by atoms with Gasteiger partial charge in [-0.25, -0.2) is 4.98 Å². The van der Waals surface area contributed by atoms with E-state index in [2.05, 4.69) is 37.1 Å². The molecule has 110 valence electrons. The molecular weight excluding hydrogens is 250 g/mol. The van der Waals surface area contributed by atoms with Crippen LogP contribution in [0.25, 0.3) is 0 Å². The average Bonchev–Trinajstić information content (AvgIpc) is 3.21. The number of anilines is 1. The molecule has 1 unspecified atom stereocenters. The number of hydrogen-bond donors (Lipinski definition) is 1. The van der Waals surface area contributed by atoms with Crippen molar-refractivity contribution >= 4 is 5.82 Å². The van der Waals surface area contributed by atoms with Crippen molar-refractivity contribution in [1.29, 1.82) is 0 Å². The van der Waals surface area contributed by atoms with Gasteiger partial charge in [-0.1, -0.05) is 0 Å². The van der Waals surface area contributed by atoms with Crippen LogP contribution in [0.3, 0.4) is 0 Å².